The van der Waals surface area contributed by atoms with Crippen LogP contribution >= 0.6 is 0 Å². The molecule has 0 radical (unpaired) electrons. The molecule has 6 nitrogen and oxygen atoms in total. The van der Waals surface area contributed by atoms with E-state index >= 15 is 0 Å². The number of anilines is 2. The topological polar surface area (TPSA) is 68.7 Å². The Labute approximate surface area is 230 Å². The predicted molar refractivity (Wildman–Crippen MR) is 159 cm³/mol. The first-order valence-corrected chi connectivity index (χ1v) is 14.0. The molecule has 1 saturated carbocycles. The highest BCUT2D eigenvalue weighted by atomic mass is 16.4. The molecule has 6 heteroatoms. The van der Waals surface area contributed by atoms with Crippen LogP contribution in [0.1, 0.15) is 42.7 Å². The van der Waals surface area contributed by atoms with E-state index < -0.39 is 6.09 Å². The fourth-order valence-electron chi connectivity index (χ4n) is 6.52. The molecule has 2 N–H and O–H groups in total. The first kappa shape index (κ1) is 25.2. The monoisotopic (exact) mass is 520 g/mol. The minimum absolute atomic E-state index is 0.0800. The molecule has 39 heavy (non-hydrogen) atoms. The van der Waals surface area contributed by atoms with E-state index in [1.165, 1.54) is 22.3 Å². The summed E-state index contributed by atoms with van der Waals surface area (Å²) in [6, 6.07) is 27.6. The number of para-hydroxylation sites is 1. The van der Waals surface area contributed by atoms with Gasteiger partial charge in [0.05, 0.1) is 5.52 Å². The van der Waals surface area contributed by atoms with Crippen LogP contribution < -0.4 is 10.2 Å². The molecule has 1 fully saturated rings. The summed E-state index contributed by atoms with van der Waals surface area (Å²) in [6.45, 7) is 1.08. The number of amides is 1. The van der Waals surface area contributed by atoms with Gasteiger partial charge in [0.2, 0.25) is 0 Å². The van der Waals surface area contributed by atoms with E-state index in [-0.39, 0.29) is 5.92 Å². The third kappa shape index (κ3) is 5.03. The van der Waals surface area contributed by atoms with Crippen molar-refractivity contribution in [3.8, 4) is 11.1 Å². The predicted octanol–water partition coefficient (Wildman–Crippen LogP) is 7.06. The number of nitrogens with one attached hydrogen (secondary N) is 1. The van der Waals surface area contributed by atoms with E-state index in [0.29, 0.717) is 25.0 Å². The van der Waals surface area contributed by atoms with Crippen molar-refractivity contribution in [3.63, 3.8) is 0 Å². The van der Waals surface area contributed by atoms with Crippen molar-refractivity contribution in [2.75, 3.05) is 37.4 Å². The van der Waals surface area contributed by atoms with Crippen molar-refractivity contribution < 1.29 is 9.90 Å². The maximum atomic E-state index is 12.4. The van der Waals surface area contributed by atoms with Crippen LogP contribution in [0, 0.1) is 5.92 Å². The lowest BCUT2D eigenvalue weighted by molar-refractivity contribution is 0.129. The molecule has 0 saturated heterocycles. The van der Waals surface area contributed by atoms with Crippen LogP contribution in [0.15, 0.2) is 78.9 Å². The molecule has 0 bridgehead atoms. The molecule has 1 aromatic heterocycles. The highest BCUT2D eigenvalue weighted by Crippen LogP contribution is 2.45. The minimum Gasteiger partial charge on any atom is -0.465 e. The Morgan fingerprint density at radius 2 is 1.49 bits per heavy atom. The summed E-state index contributed by atoms with van der Waals surface area (Å²) in [5, 5.41) is 15.0. The Hall–Kier alpha value is -4.06. The Kier molecular flexibility index (Phi) is 6.86. The quantitative estimate of drug-likeness (QED) is 0.273. The number of pyridine rings is 1. The first-order chi connectivity index (χ1) is 19.0. The molecule has 200 valence electrons. The average molecular weight is 521 g/mol. The van der Waals surface area contributed by atoms with Crippen molar-refractivity contribution in [1.29, 1.82) is 0 Å². The van der Waals surface area contributed by atoms with Crippen molar-refractivity contribution in [2.45, 2.75) is 37.6 Å². The normalized spacial score (nSPS) is 18.4. The summed E-state index contributed by atoms with van der Waals surface area (Å²) in [5.41, 5.74) is 7.08. The van der Waals surface area contributed by atoms with Gasteiger partial charge in [-0.1, -0.05) is 66.7 Å². The third-order valence-corrected chi connectivity index (χ3v) is 8.49. The molecule has 6 rings (SSSR count). The van der Waals surface area contributed by atoms with E-state index in [1.54, 1.807) is 4.90 Å². The second kappa shape index (κ2) is 10.6. The van der Waals surface area contributed by atoms with Gasteiger partial charge in [0.25, 0.3) is 0 Å². The summed E-state index contributed by atoms with van der Waals surface area (Å²) in [6.07, 6.45) is 3.22. The Morgan fingerprint density at radius 3 is 2.13 bits per heavy atom. The second-order valence-electron chi connectivity index (χ2n) is 11.2. The number of rotatable bonds is 7. The lowest BCUT2D eigenvalue weighted by atomic mass is 9.85. The highest BCUT2D eigenvalue weighted by Gasteiger charge is 2.32. The summed E-state index contributed by atoms with van der Waals surface area (Å²) >= 11 is 0. The lowest BCUT2D eigenvalue weighted by Crippen LogP contribution is -2.39. The Bertz CT molecular complexity index is 1450. The summed E-state index contributed by atoms with van der Waals surface area (Å²) in [4.78, 5) is 21.1. The van der Waals surface area contributed by atoms with E-state index in [4.69, 9.17) is 4.98 Å². The number of carbonyl (C=O) groups is 1. The van der Waals surface area contributed by atoms with Crippen LogP contribution in [0.3, 0.4) is 0 Å². The lowest BCUT2D eigenvalue weighted by Gasteiger charge is -2.33. The van der Waals surface area contributed by atoms with Crippen LogP contribution in [0.4, 0.5) is 16.3 Å². The summed E-state index contributed by atoms with van der Waals surface area (Å²) in [7, 11) is 4.13. The number of aromatic nitrogens is 1. The van der Waals surface area contributed by atoms with E-state index in [1.807, 2.05) is 6.07 Å². The van der Waals surface area contributed by atoms with Crippen molar-refractivity contribution in [1.82, 2.24) is 9.88 Å². The van der Waals surface area contributed by atoms with Crippen LogP contribution in [-0.4, -0.2) is 54.3 Å². The van der Waals surface area contributed by atoms with E-state index in [2.05, 4.69) is 97.1 Å². The second-order valence-corrected chi connectivity index (χ2v) is 11.2. The van der Waals surface area contributed by atoms with Gasteiger partial charge < -0.3 is 20.2 Å². The molecule has 0 unspecified atom stereocenters. The largest absolute Gasteiger partial charge is 0.465 e. The molecule has 1 heterocycles. The summed E-state index contributed by atoms with van der Waals surface area (Å²) < 4.78 is 0. The van der Waals surface area contributed by atoms with Gasteiger partial charge in [0.1, 0.15) is 5.82 Å². The van der Waals surface area contributed by atoms with Crippen molar-refractivity contribution in [3.05, 3.63) is 90.0 Å². The zero-order valence-electron chi connectivity index (χ0n) is 22.7. The molecule has 0 aliphatic heterocycles. The fourth-order valence-corrected chi connectivity index (χ4v) is 6.52. The van der Waals surface area contributed by atoms with Gasteiger partial charge in [0, 0.05) is 56.3 Å². The van der Waals surface area contributed by atoms with Crippen molar-refractivity contribution in [2.24, 2.45) is 5.92 Å². The smallest absolute Gasteiger partial charge is 0.407 e. The maximum Gasteiger partial charge on any atom is 0.407 e. The van der Waals surface area contributed by atoms with Gasteiger partial charge in [-0.05, 0) is 59.9 Å². The molecule has 0 atom stereocenters. The van der Waals surface area contributed by atoms with Crippen LogP contribution in [0.5, 0.6) is 0 Å². The highest BCUT2D eigenvalue weighted by molar-refractivity contribution is 5.93. The summed E-state index contributed by atoms with van der Waals surface area (Å²) in [5.74, 6) is 1.36. The molecule has 3 aromatic carbocycles. The van der Waals surface area contributed by atoms with Crippen molar-refractivity contribution >= 4 is 28.5 Å². The number of nitrogens with zero attached hydrogens (tertiary/aromatic N) is 3. The molecule has 2 aliphatic carbocycles. The number of fused-ring (bicyclic) bond motifs is 4. The van der Waals surface area contributed by atoms with Crippen LogP contribution in [0.2, 0.25) is 0 Å². The molecule has 1 amide bonds. The average Bonchev–Trinajstić information content (AvgIpc) is 3.26. The van der Waals surface area contributed by atoms with E-state index in [0.717, 1.165) is 48.1 Å². The zero-order valence-corrected chi connectivity index (χ0v) is 22.7. The Balaban J connectivity index is 1.11. The number of hydrogen-bond donors (Lipinski definition) is 2. The van der Waals surface area contributed by atoms with E-state index in [9.17, 15) is 9.90 Å². The van der Waals surface area contributed by atoms with Gasteiger partial charge in [-0.2, -0.15) is 0 Å². The molecular formula is C33H36N4O2. The number of benzene rings is 3. The van der Waals surface area contributed by atoms with Crippen LogP contribution in [0.25, 0.3) is 22.0 Å². The van der Waals surface area contributed by atoms with Gasteiger partial charge in [-0.3, -0.25) is 0 Å². The molecular weight excluding hydrogens is 484 g/mol. The van der Waals surface area contributed by atoms with Gasteiger partial charge in [0.15, 0.2) is 0 Å². The number of carboxylic acid groups (broad SMARTS) is 1. The van der Waals surface area contributed by atoms with Crippen LogP contribution in [-0.2, 0) is 0 Å². The fraction of sp³-hybridized carbons (Fsp3) is 0.333. The van der Waals surface area contributed by atoms with Gasteiger partial charge in [-0.25, -0.2) is 9.78 Å². The molecule has 2 aliphatic rings. The Morgan fingerprint density at radius 1 is 0.872 bits per heavy atom. The first-order valence-electron chi connectivity index (χ1n) is 14.0. The van der Waals surface area contributed by atoms with Gasteiger partial charge in [-0.15, -0.1) is 0 Å². The number of hydrogen-bond acceptors (Lipinski definition) is 4. The molecule has 0 spiro atoms. The zero-order chi connectivity index (χ0) is 26.9. The SMILES string of the molecule is CN(C)c1cc(NC2CCC(CN(CC3c4ccccc4-c4ccccc43)C(=O)O)CC2)nc2ccccc12. The van der Waals surface area contributed by atoms with Gasteiger partial charge >= 0.3 is 6.09 Å². The standard InChI is InChI=1S/C33H36N4O2/c1-36(2)31-19-32(35-30-14-8-7-13-28(30)31)34-23-17-15-22(16-18-23)20-37(33(38)39)21-29-26-11-5-3-9-24(26)25-10-4-6-12-27(25)29/h3-14,19,22-23,29H,15-18,20-21H2,1-2H3,(H,34,35)(H,38,39). The maximum absolute atomic E-state index is 12.4. The third-order valence-electron chi connectivity index (χ3n) is 8.49. The molecule has 4 aromatic rings. The minimum atomic E-state index is -0.825.